The van der Waals surface area contributed by atoms with E-state index in [9.17, 15) is 9.59 Å². The minimum atomic E-state index is -0.791. The van der Waals surface area contributed by atoms with Gasteiger partial charge in [-0.25, -0.2) is 0 Å². The van der Waals surface area contributed by atoms with Gasteiger partial charge in [-0.15, -0.1) is 0 Å². The number of aromatic nitrogens is 2. The van der Waals surface area contributed by atoms with Crippen LogP contribution in [0.15, 0.2) is 6.07 Å². The van der Waals surface area contributed by atoms with E-state index in [0.717, 1.165) is 11.4 Å². The van der Waals surface area contributed by atoms with Gasteiger partial charge in [0, 0.05) is 32.8 Å². The number of ether oxygens (including phenoxy) is 2. The van der Waals surface area contributed by atoms with E-state index in [4.69, 9.17) is 9.47 Å². The van der Waals surface area contributed by atoms with Crippen LogP contribution in [0.1, 0.15) is 24.7 Å². The van der Waals surface area contributed by atoms with Crippen LogP contribution >= 0.6 is 0 Å². The quantitative estimate of drug-likeness (QED) is 0.761. The van der Waals surface area contributed by atoms with Crippen LogP contribution in [0.5, 0.6) is 0 Å². The van der Waals surface area contributed by atoms with E-state index in [1.165, 1.54) is 6.92 Å². The van der Waals surface area contributed by atoms with Gasteiger partial charge in [0.2, 0.25) is 11.8 Å². The summed E-state index contributed by atoms with van der Waals surface area (Å²) < 4.78 is 13.0. The van der Waals surface area contributed by atoms with E-state index in [0.29, 0.717) is 32.8 Å². The van der Waals surface area contributed by atoms with E-state index < -0.39 is 5.60 Å². The first-order chi connectivity index (χ1) is 11.8. The highest BCUT2D eigenvalue weighted by Gasteiger charge is 2.39. The number of nitrogens with zero attached hydrogens (tertiary/aromatic N) is 3. The summed E-state index contributed by atoms with van der Waals surface area (Å²) >= 11 is 0. The Labute approximate surface area is 148 Å². The Morgan fingerprint density at radius 1 is 1.44 bits per heavy atom. The van der Waals surface area contributed by atoms with E-state index in [1.807, 2.05) is 24.6 Å². The molecular weight excluding hydrogens is 324 g/mol. The van der Waals surface area contributed by atoms with E-state index >= 15 is 0 Å². The molecule has 8 heteroatoms. The average Bonchev–Trinajstić information content (AvgIpc) is 2.85. The summed E-state index contributed by atoms with van der Waals surface area (Å²) in [5, 5.41) is 7.28. The molecule has 1 unspecified atom stereocenters. The van der Waals surface area contributed by atoms with Crippen LogP contribution in [-0.4, -0.2) is 72.1 Å². The minimum absolute atomic E-state index is 0.0197. The summed E-state index contributed by atoms with van der Waals surface area (Å²) in [5.41, 5.74) is 1.24. The van der Waals surface area contributed by atoms with Crippen molar-refractivity contribution >= 4 is 11.8 Å². The van der Waals surface area contributed by atoms with Crippen molar-refractivity contribution in [1.29, 1.82) is 0 Å². The maximum atomic E-state index is 12.4. The topological polar surface area (TPSA) is 85.7 Å². The van der Waals surface area contributed by atoms with Crippen molar-refractivity contribution in [3.8, 4) is 0 Å². The third-order valence-corrected chi connectivity index (χ3v) is 4.33. The number of carbonyl (C=O) groups excluding carboxylic acids is 2. The molecule has 0 saturated carbocycles. The summed E-state index contributed by atoms with van der Waals surface area (Å²) in [4.78, 5) is 25.7. The number of aryl methyl sites for hydroxylation is 2. The molecule has 1 atom stereocenters. The normalized spacial score (nSPS) is 20.6. The molecule has 1 saturated heterocycles. The average molecular weight is 352 g/mol. The zero-order valence-corrected chi connectivity index (χ0v) is 15.5. The molecule has 2 amide bonds. The van der Waals surface area contributed by atoms with Gasteiger partial charge >= 0.3 is 0 Å². The molecule has 1 aliphatic rings. The molecule has 0 radical (unpaired) electrons. The highest BCUT2D eigenvalue weighted by atomic mass is 16.5. The number of hydrogen-bond donors (Lipinski definition) is 1. The van der Waals surface area contributed by atoms with Gasteiger partial charge in [0.05, 0.1) is 38.4 Å². The van der Waals surface area contributed by atoms with Crippen molar-refractivity contribution in [3.05, 3.63) is 17.5 Å². The first-order valence-electron chi connectivity index (χ1n) is 8.51. The van der Waals surface area contributed by atoms with Crippen LogP contribution in [0, 0.1) is 13.8 Å². The number of amides is 2. The van der Waals surface area contributed by atoms with Gasteiger partial charge in [0.15, 0.2) is 0 Å². The van der Waals surface area contributed by atoms with Gasteiger partial charge in [0.25, 0.3) is 0 Å². The van der Waals surface area contributed by atoms with Crippen LogP contribution in [0.2, 0.25) is 0 Å². The van der Waals surface area contributed by atoms with Crippen molar-refractivity contribution in [1.82, 2.24) is 20.0 Å². The smallest absolute Gasteiger partial charge is 0.223 e. The molecule has 8 nitrogen and oxygen atoms in total. The van der Waals surface area contributed by atoms with Crippen LogP contribution in [-0.2, 0) is 25.6 Å². The highest BCUT2D eigenvalue weighted by molar-refractivity contribution is 5.77. The zero-order chi connectivity index (χ0) is 18.4. The number of carbonyl (C=O) groups is 2. The summed E-state index contributed by atoms with van der Waals surface area (Å²) in [6.07, 6.45) is 0.155. The Morgan fingerprint density at radius 2 is 2.20 bits per heavy atom. The lowest BCUT2D eigenvalue weighted by Crippen LogP contribution is -2.57. The Hall–Kier alpha value is -1.93. The van der Waals surface area contributed by atoms with Crippen molar-refractivity contribution in [3.63, 3.8) is 0 Å². The summed E-state index contributed by atoms with van der Waals surface area (Å²) in [7, 11) is 1.57. The van der Waals surface area contributed by atoms with Crippen LogP contribution in [0.3, 0.4) is 0 Å². The second kappa shape index (κ2) is 8.44. The lowest BCUT2D eigenvalue weighted by molar-refractivity contribution is -0.165. The molecule has 0 aliphatic carbocycles. The van der Waals surface area contributed by atoms with Crippen LogP contribution in [0.4, 0.5) is 0 Å². The van der Waals surface area contributed by atoms with Crippen LogP contribution < -0.4 is 5.32 Å². The number of rotatable bonds is 7. The van der Waals surface area contributed by atoms with E-state index in [1.54, 1.807) is 12.0 Å². The lowest BCUT2D eigenvalue weighted by Gasteiger charge is -2.41. The van der Waals surface area contributed by atoms with Gasteiger partial charge in [-0.2, -0.15) is 5.10 Å². The minimum Gasteiger partial charge on any atom is -0.382 e. The SMILES string of the molecule is COCC1(CC(=O)NCCn2nc(C)cc2C)CN(C(C)=O)CCO1. The number of hydrogen-bond acceptors (Lipinski definition) is 5. The summed E-state index contributed by atoms with van der Waals surface area (Å²) in [6.45, 7) is 8.13. The first kappa shape index (κ1) is 19.4. The maximum absolute atomic E-state index is 12.4. The van der Waals surface area contributed by atoms with Crippen molar-refractivity contribution < 1.29 is 19.1 Å². The zero-order valence-electron chi connectivity index (χ0n) is 15.5. The summed E-state index contributed by atoms with van der Waals surface area (Å²) in [5.74, 6) is -0.141. The fourth-order valence-corrected chi connectivity index (χ4v) is 3.18. The summed E-state index contributed by atoms with van der Waals surface area (Å²) in [6, 6.07) is 2.00. The number of morpholine rings is 1. The van der Waals surface area contributed by atoms with Gasteiger partial charge < -0.3 is 19.7 Å². The van der Waals surface area contributed by atoms with Crippen molar-refractivity contribution in [2.24, 2.45) is 0 Å². The Bertz CT molecular complexity index is 612. The second-order valence-corrected chi connectivity index (χ2v) is 6.58. The Kier molecular flexibility index (Phi) is 6.55. The molecule has 25 heavy (non-hydrogen) atoms. The van der Waals surface area contributed by atoms with Gasteiger partial charge in [-0.3, -0.25) is 14.3 Å². The van der Waals surface area contributed by atoms with Gasteiger partial charge in [-0.05, 0) is 19.9 Å². The van der Waals surface area contributed by atoms with Crippen molar-refractivity contribution in [2.75, 3.05) is 40.0 Å². The molecule has 0 spiro atoms. The third-order valence-electron chi connectivity index (χ3n) is 4.33. The maximum Gasteiger partial charge on any atom is 0.223 e. The second-order valence-electron chi connectivity index (χ2n) is 6.58. The molecule has 1 aromatic rings. The standard InChI is InChI=1S/C17H28N4O4/c1-13-9-14(2)21(19-13)6-5-18-16(23)10-17(12-24-4)11-20(15(3)22)7-8-25-17/h9H,5-8,10-12H2,1-4H3,(H,18,23). The molecule has 1 aliphatic heterocycles. The lowest BCUT2D eigenvalue weighted by atomic mass is 9.97. The molecular formula is C17H28N4O4. The molecule has 0 aromatic carbocycles. The number of nitrogens with one attached hydrogen (secondary N) is 1. The predicted octanol–water partition coefficient (Wildman–Crippen LogP) is 0.270. The van der Waals surface area contributed by atoms with Crippen molar-refractivity contribution in [2.45, 2.75) is 39.3 Å². The monoisotopic (exact) mass is 352 g/mol. The Balaban J connectivity index is 1.89. The van der Waals surface area contributed by atoms with Crippen LogP contribution in [0.25, 0.3) is 0 Å². The fourth-order valence-electron chi connectivity index (χ4n) is 3.18. The largest absolute Gasteiger partial charge is 0.382 e. The fraction of sp³-hybridized carbons (Fsp3) is 0.706. The molecule has 1 N–H and O–H groups in total. The molecule has 0 bridgehead atoms. The predicted molar refractivity (Wildman–Crippen MR) is 92.1 cm³/mol. The molecule has 2 heterocycles. The third kappa shape index (κ3) is 5.27. The first-order valence-corrected chi connectivity index (χ1v) is 8.51. The molecule has 1 fully saturated rings. The molecule has 1 aromatic heterocycles. The van der Waals surface area contributed by atoms with E-state index in [2.05, 4.69) is 10.4 Å². The van der Waals surface area contributed by atoms with Gasteiger partial charge in [0.1, 0.15) is 5.60 Å². The molecule has 2 rings (SSSR count). The molecule has 140 valence electrons. The highest BCUT2D eigenvalue weighted by Crippen LogP contribution is 2.23. The number of methoxy groups -OCH3 is 1. The van der Waals surface area contributed by atoms with E-state index in [-0.39, 0.29) is 24.8 Å². The van der Waals surface area contributed by atoms with Gasteiger partial charge in [-0.1, -0.05) is 0 Å². The Morgan fingerprint density at radius 3 is 2.80 bits per heavy atom.